The van der Waals surface area contributed by atoms with Gasteiger partial charge in [-0.15, -0.1) is 0 Å². The molecule has 0 saturated heterocycles. The van der Waals surface area contributed by atoms with Gasteiger partial charge >= 0.3 is 11.9 Å². The van der Waals surface area contributed by atoms with Crippen LogP contribution in [0.1, 0.15) is 0 Å². The van der Waals surface area contributed by atoms with E-state index in [0.29, 0.717) is 0 Å². The monoisotopic (exact) mass is 205 g/mol. The van der Waals surface area contributed by atoms with Crippen molar-refractivity contribution in [3.63, 3.8) is 0 Å². The molecule has 0 atom stereocenters. The van der Waals surface area contributed by atoms with E-state index < -0.39 is 11.9 Å². The molecule has 6 heteroatoms. The summed E-state index contributed by atoms with van der Waals surface area (Å²) < 4.78 is 0. The average Bonchev–Trinajstić information content (AvgIpc) is 1.36. The maximum atomic E-state index is 9.10. The number of carboxylic acid groups (broad SMARTS) is 2. The van der Waals surface area contributed by atoms with Crippen LogP contribution in [0.4, 0.5) is 0 Å². The van der Waals surface area contributed by atoms with Crippen molar-refractivity contribution >= 4 is 11.9 Å². The first kappa shape index (κ1) is 15.7. The Bertz CT molecular complexity index is 80.0. The third-order valence-electron chi connectivity index (χ3n) is 0.183. The zero-order valence-electron chi connectivity index (χ0n) is 3.40. The molecule has 4 nitrogen and oxygen atoms in total. The van der Waals surface area contributed by atoms with E-state index in [2.05, 4.69) is 0 Å². The first-order valence-electron chi connectivity index (χ1n) is 1.11. The minimum absolute atomic E-state index is 0. The van der Waals surface area contributed by atoms with Crippen LogP contribution in [0.3, 0.4) is 0 Å². The van der Waals surface area contributed by atoms with Crippen molar-refractivity contribution in [2.24, 2.45) is 0 Å². The predicted molar refractivity (Wildman–Crippen MR) is 15.3 cm³/mol. The number of hydrogen-bond acceptors (Lipinski definition) is 2. The van der Waals surface area contributed by atoms with E-state index in [0.717, 1.165) is 0 Å². The van der Waals surface area contributed by atoms with Gasteiger partial charge in [0, 0.05) is 33.8 Å². The fourth-order valence-corrected chi connectivity index (χ4v) is 0. The average molecular weight is 205 g/mol. The second-order valence-corrected chi connectivity index (χ2v) is 0.610. The summed E-state index contributed by atoms with van der Waals surface area (Å²) in [5.74, 6) is -3.65. The molecule has 0 aromatic heterocycles. The molecule has 0 fully saturated rings. The van der Waals surface area contributed by atoms with E-state index in [4.69, 9.17) is 19.8 Å². The molecule has 0 aliphatic carbocycles. The van der Waals surface area contributed by atoms with Crippen molar-refractivity contribution in [3.05, 3.63) is 0 Å². The molecule has 8 heavy (non-hydrogen) atoms. The van der Waals surface area contributed by atoms with Crippen LogP contribution in [-0.4, -0.2) is 22.2 Å². The normalized spacial score (nSPS) is 5.50. The number of carboxylic acids is 2. The third-order valence-corrected chi connectivity index (χ3v) is 0.183. The fourth-order valence-electron chi connectivity index (χ4n) is 0. The Morgan fingerprint density at radius 1 is 1.00 bits per heavy atom. The second-order valence-electron chi connectivity index (χ2n) is 0.610. The summed E-state index contributed by atoms with van der Waals surface area (Å²) >= 11 is 0. The molecule has 51 valence electrons. The van der Waals surface area contributed by atoms with Crippen LogP contribution < -0.4 is 0 Å². The molecule has 0 heterocycles. The van der Waals surface area contributed by atoms with E-state index in [9.17, 15) is 0 Å². The van der Waals surface area contributed by atoms with Gasteiger partial charge in [-0.3, -0.25) is 0 Å². The Kier molecular flexibility index (Phi) is 13.6. The van der Waals surface area contributed by atoms with Gasteiger partial charge in [0.1, 0.15) is 0 Å². The summed E-state index contributed by atoms with van der Waals surface area (Å²) in [5.41, 5.74) is 0. The molecule has 0 spiro atoms. The van der Waals surface area contributed by atoms with Gasteiger partial charge in [0.25, 0.3) is 0 Å². The summed E-state index contributed by atoms with van der Waals surface area (Å²) in [5, 5.41) is 14.8. The molecule has 0 unspecified atom stereocenters. The predicted octanol–water partition coefficient (Wildman–Crippen LogP) is -0.849. The van der Waals surface area contributed by atoms with E-state index >= 15 is 0 Å². The number of rotatable bonds is 0. The topological polar surface area (TPSA) is 74.6 Å². The van der Waals surface area contributed by atoms with E-state index in [1.165, 1.54) is 0 Å². The zero-order valence-corrected chi connectivity index (χ0v) is 5.54. The Morgan fingerprint density at radius 3 is 1.12 bits per heavy atom. The van der Waals surface area contributed by atoms with Gasteiger partial charge in [0.05, 0.1) is 0 Å². The molecule has 0 saturated carbocycles. The van der Waals surface area contributed by atoms with Crippen molar-refractivity contribution in [2.45, 2.75) is 0 Å². The Balaban J connectivity index is -0.000000125. The molecule has 2 N–H and O–H groups in total. The van der Waals surface area contributed by atoms with Crippen LogP contribution >= 0.6 is 0 Å². The van der Waals surface area contributed by atoms with E-state index in [-0.39, 0.29) is 33.8 Å². The van der Waals surface area contributed by atoms with Gasteiger partial charge in [-0.25, -0.2) is 9.59 Å². The van der Waals surface area contributed by atoms with E-state index in [1.54, 1.807) is 0 Å². The Morgan fingerprint density at radius 2 is 1.12 bits per heavy atom. The fraction of sp³-hybridized carbons (Fsp3) is 0. The van der Waals surface area contributed by atoms with Gasteiger partial charge in [-0.2, -0.15) is 0 Å². The molecule has 0 aliphatic heterocycles. The van der Waals surface area contributed by atoms with Crippen molar-refractivity contribution in [2.75, 3.05) is 0 Å². The molecule has 1 radical (unpaired) electrons. The molecule has 0 rings (SSSR count). The first-order chi connectivity index (χ1) is 2.64. The van der Waals surface area contributed by atoms with Crippen LogP contribution in [0.5, 0.6) is 0 Å². The van der Waals surface area contributed by atoms with Crippen molar-refractivity contribution in [1.82, 2.24) is 0 Å². The quantitative estimate of drug-likeness (QED) is 0.398. The molecule has 0 bridgehead atoms. The van der Waals surface area contributed by atoms with Crippen LogP contribution in [-0.2, 0) is 43.4 Å². The number of carbonyl (C=O) groups is 2. The number of aliphatic carboxylic acids is 2. The maximum Gasteiger partial charge on any atom is 0.414 e. The van der Waals surface area contributed by atoms with Gasteiger partial charge in [0.15, 0.2) is 0 Å². The van der Waals surface area contributed by atoms with Crippen LogP contribution in [0.25, 0.3) is 0 Å². The van der Waals surface area contributed by atoms with Crippen LogP contribution in [0, 0.1) is 0 Å². The minimum atomic E-state index is -1.82. The van der Waals surface area contributed by atoms with Crippen LogP contribution in [0.2, 0.25) is 0 Å². The standard InChI is InChI=1S/C2H2O4.Co.Fe/c3-1(4)2(5)6;;/h(H,3,4)(H,5,6);;. The molecular weight excluding hydrogens is 203 g/mol. The van der Waals surface area contributed by atoms with Crippen molar-refractivity contribution < 1.29 is 53.6 Å². The molecule has 0 aromatic rings. The van der Waals surface area contributed by atoms with Crippen molar-refractivity contribution in [3.8, 4) is 0 Å². The second kappa shape index (κ2) is 6.97. The zero-order chi connectivity index (χ0) is 5.15. The van der Waals surface area contributed by atoms with Gasteiger partial charge in [-0.05, 0) is 0 Å². The summed E-state index contributed by atoms with van der Waals surface area (Å²) in [6.07, 6.45) is 0. The summed E-state index contributed by atoms with van der Waals surface area (Å²) in [6.45, 7) is 0. The first-order valence-corrected chi connectivity index (χ1v) is 1.11. The van der Waals surface area contributed by atoms with E-state index in [1.807, 2.05) is 0 Å². The Labute approximate surface area is 65.9 Å². The third kappa shape index (κ3) is 9.35. The number of hydrogen-bond donors (Lipinski definition) is 2. The summed E-state index contributed by atoms with van der Waals surface area (Å²) in [4.78, 5) is 18.2. The molecular formula is C2H2CoFeO4. The van der Waals surface area contributed by atoms with Gasteiger partial charge in [0.2, 0.25) is 0 Å². The minimum Gasteiger partial charge on any atom is -0.473 e. The van der Waals surface area contributed by atoms with Crippen LogP contribution in [0.15, 0.2) is 0 Å². The molecule has 0 aliphatic rings. The Hall–Kier alpha value is -0.0340. The molecule has 0 amide bonds. The van der Waals surface area contributed by atoms with Gasteiger partial charge in [-0.1, -0.05) is 0 Å². The SMILES string of the molecule is O=C(O)C(=O)O.[Co].[Fe]. The smallest absolute Gasteiger partial charge is 0.414 e. The summed E-state index contributed by atoms with van der Waals surface area (Å²) in [6, 6.07) is 0. The summed E-state index contributed by atoms with van der Waals surface area (Å²) in [7, 11) is 0. The van der Waals surface area contributed by atoms with Gasteiger partial charge < -0.3 is 10.2 Å². The van der Waals surface area contributed by atoms with Crippen molar-refractivity contribution in [1.29, 1.82) is 0 Å². The maximum absolute atomic E-state index is 9.10. The largest absolute Gasteiger partial charge is 0.473 e. The molecule has 0 aromatic carbocycles.